The van der Waals surface area contributed by atoms with Gasteiger partial charge in [-0.2, -0.15) is 0 Å². The van der Waals surface area contributed by atoms with Gasteiger partial charge in [0, 0.05) is 24.2 Å². The average Bonchev–Trinajstić information content (AvgIpc) is 2.27. The number of aromatic nitrogens is 1. The van der Waals surface area contributed by atoms with E-state index >= 15 is 0 Å². The van der Waals surface area contributed by atoms with Crippen LogP contribution in [0.15, 0.2) is 36.5 Å². The summed E-state index contributed by atoms with van der Waals surface area (Å²) in [6, 6.07) is 10.2. The molecule has 0 spiro atoms. The van der Waals surface area contributed by atoms with E-state index in [9.17, 15) is 0 Å². The van der Waals surface area contributed by atoms with Gasteiger partial charge in [-0.3, -0.25) is 4.98 Å². The Morgan fingerprint density at radius 1 is 1.25 bits per heavy atom. The fourth-order valence-electron chi connectivity index (χ4n) is 1.92. The van der Waals surface area contributed by atoms with Crippen molar-refractivity contribution in [1.29, 1.82) is 0 Å². The van der Waals surface area contributed by atoms with Gasteiger partial charge in [0.25, 0.3) is 0 Å². The molecule has 0 saturated heterocycles. The van der Waals surface area contributed by atoms with Gasteiger partial charge in [0.2, 0.25) is 0 Å². The number of nitrogens with zero attached hydrogens (tertiary/aromatic N) is 2. The molecule has 1 aromatic carbocycles. The molecule has 3 heteroatoms. The molecule has 2 aromatic rings. The minimum absolute atomic E-state index is 0.00796. The van der Waals surface area contributed by atoms with Crippen LogP contribution in [0.1, 0.15) is 11.6 Å². The quantitative estimate of drug-likeness (QED) is 0.849. The molecule has 3 nitrogen and oxygen atoms in total. The van der Waals surface area contributed by atoms with Crippen LogP contribution >= 0.6 is 0 Å². The molecule has 16 heavy (non-hydrogen) atoms. The van der Waals surface area contributed by atoms with Crippen molar-refractivity contribution in [3.63, 3.8) is 0 Å². The third kappa shape index (κ3) is 2.21. The minimum Gasteiger partial charge on any atom is -0.323 e. The van der Waals surface area contributed by atoms with E-state index in [0.717, 1.165) is 23.0 Å². The summed E-state index contributed by atoms with van der Waals surface area (Å²) in [7, 11) is 4.05. The molecule has 1 unspecified atom stereocenters. The Kier molecular flexibility index (Phi) is 3.17. The summed E-state index contributed by atoms with van der Waals surface area (Å²) in [5.74, 6) is 0. The van der Waals surface area contributed by atoms with Crippen LogP contribution in [-0.4, -0.2) is 30.5 Å². The van der Waals surface area contributed by atoms with Crippen LogP contribution in [0.5, 0.6) is 0 Å². The van der Waals surface area contributed by atoms with Crippen LogP contribution < -0.4 is 5.73 Å². The highest BCUT2D eigenvalue weighted by atomic mass is 15.1. The van der Waals surface area contributed by atoms with Crippen LogP contribution in [0.4, 0.5) is 0 Å². The van der Waals surface area contributed by atoms with Gasteiger partial charge in [0.15, 0.2) is 0 Å². The van der Waals surface area contributed by atoms with E-state index in [2.05, 4.69) is 28.1 Å². The zero-order chi connectivity index (χ0) is 11.5. The highest BCUT2D eigenvalue weighted by Crippen LogP contribution is 2.21. The van der Waals surface area contributed by atoms with Crippen LogP contribution in [0.3, 0.4) is 0 Å². The van der Waals surface area contributed by atoms with E-state index in [0.29, 0.717) is 0 Å². The summed E-state index contributed by atoms with van der Waals surface area (Å²) in [5.41, 5.74) is 8.31. The molecule has 0 amide bonds. The van der Waals surface area contributed by atoms with Crippen molar-refractivity contribution in [1.82, 2.24) is 9.88 Å². The van der Waals surface area contributed by atoms with Gasteiger partial charge in [-0.1, -0.05) is 24.3 Å². The van der Waals surface area contributed by atoms with Crippen molar-refractivity contribution in [2.45, 2.75) is 6.04 Å². The summed E-state index contributed by atoms with van der Waals surface area (Å²) in [6.07, 6.45) is 1.81. The van der Waals surface area contributed by atoms with Gasteiger partial charge in [0.1, 0.15) is 0 Å². The first-order chi connectivity index (χ1) is 7.68. The second-order valence-corrected chi connectivity index (χ2v) is 4.29. The number of fused-ring (bicyclic) bond motifs is 1. The Labute approximate surface area is 95.9 Å². The van der Waals surface area contributed by atoms with Crippen LogP contribution in [0.25, 0.3) is 10.9 Å². The summed E-state index contributed by atoms with van der Waals surface area (Å²) >= 11 is 0. The smallest absolute Gasteiger partial charge is 0.0750 e. The monoisotopic (exact) mass is 215 g/mol. The lowest BCUT2D eigenvalue weighted by Gasteiger charge is -2.18. The van der Waals surface area contributed by atoms with Crippen molar-refractivity contribution < 1.29 is 0 Å². The van der Waals surface area contributed by atoms with Crippen molar-refractivity contribution >= 4 is 10.9 Å². The van der Waals surface area contributed by atoms with Gasteiger partial charge < -0.3 is 10.6 Å². The Hall–Kier alpha value is -1.45. The van der Waals surface area contributed by atoms with E-state index in [4.69, 9.17) is 5.73 Å². The lowest BCUT2D eigenvalue weighted by atomic mass is 10.0. The van der Waals surface area contributed by atoms with E-state index in [1.165, 1.54) is 0 Å². The predicted molar refractivity (Wildman–Crippen MR) is 67.2 cm³/mol. The van der Waals surface area contributed by atoms with E-state index in [1.54, 1.807) is 0 Å². The van der Waals surface area contributed by atoms with E-state index in [1.807, 2.05) is 32.4 Å². The second-order valence-electron chi connectivity index (χ2n) is 4.29. The number of likely N-dealkylation sites (N-methyl/N-ethyl adjacent to an activating group) is 1. The van der Waals surface area contributed by atoms with Crippen LogP contribution in [0, 0.1) is 0 Å². The number of hydrogen-bond donors (Lipinski definition) is 1. The molecule has 1 aromatic heterocycles. The topological polar surface area (TPSA) is 42.1 Å². The third-order valence-electron chi connectivity index (χ3n) is 2.63. The number of benzene rings is 1. The molecule has 2 N–H and O–H groups in total. The highest BCUT2D eigenvalue weighted by molar-refractivity contribution is 5.81. The number of rotatable bonds is 3. The van der Waals surface area contributed by atoms with Gasteiger partial charge in [-0.15, -0.1) is 0 Å². The van der Waals surface area contributed by atoms with Crippen LogP contribution in [-0.2, 0) is 0 Å². The molecule has 1 atom stereocenters. The third-order valence-corrected chi connectivity index (χ3v) is 2.63. The van der Waals surface area contributed by atoms with E-state index < -0.39 is 0 Å². The fraction of sp³-hybridized carbons (Fsp3) is 0.308. The Balaban J connectivity index is 2.44. The maximum atomic E-state index is 6.18. The zero-order valence-electron chi connectivity index (χ0n) is 9.72. The normalized spacial score (nSPS) is 13.2. The molecule has 0 aliphatic rings. The van der Waals surface area contributed by atoms with Crippen molar-refractivity contribution in [3.8, 4) is 0 Å². The summed E-state index contributed by atoms with van der Waals surface area (Å²) in [4.78, 5) is 6.50. The molecular formula is C13H17N3. The molecule has 0 fully saturated rings. The fourth-order valence-corrected chi connectivity index (χ4v) is 1.92. The Morgan fingerprint density at radius 2 is 2.00 bits per heavy atom. The Morgan fingerprint density at radius 3 is 2.75 bits per heavy atom. The van der Waals surface area contributed by atoms with Crippen molar-refractivity contribution in [2.75, 3.05) is 20.6 Å². The molecule has 0 radical (unpaired) electrons. The minimum atomic E-state index is 0.00796. The lowest BCUT2D eigenvalue weighted by Crippen LogP contribution is -2.26. The molecule has 0 aliphatic carbocycles. The van der Waals surface area contributed by atoms with Crippen molar-refractivity contribution in [2.24, 2.45) is 5.73 Å². The number of para-hydroxylation sites is 1. The molecule has 84 valence electrons. The first-order valence-electron chi connectivity index (χ1n) is 5.42. The summed E-state index contributed by atoms with van der Waals surface area (Å²) in [6.45, 7) is 0.829. The van der Waals surface area contributed by atoms with Gasteiger partial charge >= 0.3 is 0 Å². The first kappa shape index (κ1) is 11.0. The average molecular weight is 215 g/mol. The number of nitrogens with two attached hydrogens (primary N) is 1. The molecule has 2 rings (SSSR count). The molecule has 0 aliphatic heterocycles. The van der Waals surface area contributed by atoms with Crippen molar-refractivity contribution in [3.05, 3.63) is 42.1 Å². The maximum absolute atomic E-state index is 6.18. The SMILES string of the molecule is CN(C)CC(N)c1cccc2cccnc12. The van der Waals surface area contributed by atoms with Gasteiger partial charge in [-0.05, 0) is 25.7 Å². The highest BCUT2D eigenvalue weighted by Gasteiger charge is 2.10. The summed E-state index contributed by atoms with van der Waals surface area (Å²) < 4.78 is 0. The van der Waals surface area contributed by atoms with Gasteiger partial charge in [0.05, 0.1) is 5.52 Å². The lowest BCUT2D eigenvalue weighted by molar-refractivity contribution is 0.377. The number of pyridine rings is 1. The van der Waals surface area contributed by atoms with E-state index in [-0.39, 0.29) is 6.04 Å². The largest absolute Gasteiger partial charge is 0.323 e. The predicted octanol–water partition coefficient (Wildman–Crippen LogP) is 1.80. The first-order valence-corrected chi connectivity index (χ1v) is 5.42. The Bertz CT molecular complexity index is 474. The van der Waals surface area contributed by atoms with Crippen LogP contribution in [0.2, 0.25) is 0 Å². The molecular weight excluding hydrogens is 198 g/mol. The number of hydrogen-bond acceptors (Lipinski definition) is 3. The van der Waals surface area contributed by atoms with Gasteiger partial charge in [-0.25, -0.2) is 0 Å². The second kappa shape index (κ2) is 4.60. The summed E-state index contributed by atoms with van der Waals surface area (Å²) in [5, 5.41) is 1.15. The maximum Gasteiger partial charge on any atom is 0.0750 e. The standard InChI is InChI=1S/C13H17N3/c1-16(2)9-12(14)11-7-3-5-10-6-4-8-15-13(10)11/h3-8,12H,9,14H2,1-2H3. The molecule has 0 bridgehead atoms. The molecule has 1 heterocycles. The molecule has 0 saturated carbocycles. The zero-order valence-corrected chi connectivity index (χ0v) is 9.72.